The van der Waals surface area contributed by atoms with Crippen molar-refractivity contribution in [2.24, 2.45) is 0 Å². The maximum Gasteiger partial charge on any atom is 0.225 e. The highest BCUT2D eigenvalue weighted by Crippen LogP contribution is 2.34. The number of hydrogen-bond acceptors (Lipinski definition) is 4. The number of carbonyl (C=O) groups is 1. The molecule has 0 aliphatic rings. The monoisotopic (exact) mass is 499 g/mol. The molecule has 4 nitrogen and oxygen atoms in total. The van der Waals surface area contributed by atoms with Gasteiger partial charge in [-0.25, -0.2) is 4.98 Å². The summed E-state index contributed by atoms with van der Waals surface area (Å²) in [5.41, 5.74) is 6.09. The van der Waals surface area contributed by atoms with Crippen LogP contribution < -0.4 is 5.32 Å². The Morgan fingerprint density at radius 2 is 1.62 bits per heavy atom. The summed E-state index contributed by atoms with van der Waals surface area (Å²) in [4.78, 5) is 17.6. The zero-order chi connectivity index (χ0) is 25.6. The number of aryl methyl sites for hydroxylation is 1. The molecule has 1 aromatic heterocycles. The van der Waals surface area contributed by atoms with Crippen molar-refractivity contribution in [3.63, 3.8) is 0 Å². The largest absolute Gasteiger partial charge is 0.325 e. The number of hydrogen-bond donors (Lipinski definition) is 1. The number of nitrogens with one attached hydrogen (secondary N) is 1. The van der Waals surface area contributed by atoms with E-state index in [2.05, 4.69) is 11.4 Å². The van der Waals surface area contributed by atoms with Crippen LogP contribution >= 0.6 is 11.8 Å². The summed E-state index contributed by atoms with van der Waals surface area (Å²) in [6, 6.07) is 36.3. The molecule has 0 atom stereocenters. The summed E-state index contributed by atoms with van der Waals surface area (Å²) in [6.45, 7) is 2.04. The van der Waals surface area contributed by atoms with E-state index in [4.69, 9.17) is 4.98 Å². The molecule has 0 spiro atoms. The van der Waals surface area contributed by atoms with Gasteiger partial charge < -0.3 is 5.32 Å². The predicted octanol–water partition coefficient (Wildman–Crippen LogP) is 7.87. The first-order valence-electron chi connectivity index (χ1n) is 12.1. The van der Waals surface area contributed by atoms with Crippen LogP contribution in [0.3, 0.4) is 0 Å². The van der Waals surface area contributed by atoms with E-state index in [0.29, 0.717) is 22.8 Å². The second-order valence-electron chi connectivity index (χ2n) is 8.75. The van der Waals surface area contributed by atoms with Gasteiger partial charge in [0.1, 0.15) is 11.1 Å². The van der Waals surface area contributed by atoms with Crippen LogP contribution in [0.1, 0.15) is 17.5 Å². The molecule has 5 aromatic rings. The summed E-state index contributed by atoms with van der Waals surface area (Å²) >= 11 is 1.44. The molecule has 0 radical (unpaired) electrons. The fraction of sp³-hybridized carbons (Fsp3) is 0.0938. The van der Waals surface area contributed by atoms with Gasteiger partial charge in [-0.15, -0.1) is 11.8 Å². The van der Waals surface area contributed by atoms with E-state index in [0.717, 1.165) is 44.4 Å². The first-order valence-corrected chi connectivity index (χ1v) is 13.1. The number of anilines is 1. The lowest BCUT2D eigenvalue weighted by Crippen LogP contribution is -2.12. The number of benzene rings is 4. The van der Waals surface area contributed by atoms with Crippen LogP contribution in [-0.4, -0.2) is 16.6 Å². The van der Waals surface area contributed by atoms with E-state index in [1.807, 2.05) is 110 Å². The quantitative estimate of drug-likeness (QED) is 0.231. The molecule has 180 valence electrons. The average Bonchev–Trinajstić information content (AvgIpc) is 2.94. The van der Waals surface area contributed by atoms with E-state index < -0.39 is 0 Å². The van der Waals surface area contributed by atoms with Crippen LogP contribution in [0.4, 0.5) is 5.69 Å². The number of fused-ring (bicyclic) bond motifs is 1. The number of amides is 1. The Labute approximate surface area is 221 Å². The Morgan fingerprint density at radius 1 is 0.892 bits per heavy atom. The first kappa shape index (κ1) is 24.3. The number of nitriles is 1. The van der Waals surface area contributed by atoms with Crippen LogP contribution in [0.25, 0.3) is 33.2 Å². The van der Waals surface area contributed by atoms with Crippen molar-refractivity contribution < 1.29 is 4.79 Å². The second kappa shape index (κ2) is 11.1. The van der Waals surface area contributed by atoms with Crippen molar-refractivity contribution in [1.82, 2.24) is 4.98 Å². The molecule has 1 amide bonds. The Bertz CT molecular complexity index is 1600. The van der Waals surface area contributed by atoms with Gasteiger partial charge in [-0.3, -0.25) is 4.79 Å². The predicted molar refractivity (Wildman–Crippen MR) is 152 cm³/mol. The lowest BCUT2D eigenvalue weighted by Gasteiger charge is -2.13. The molecule has 0 fully saturated rings. The van der Waals surface area contributed by atoms with Crippen LogP contribution in [0.5, 0.6) is 0 Å². The number of aromatic nitrogens is 1. The highest BCUT2D eigenvalue weighted by Gasteiger charge is 2.16. The van der Waals surface area contributed by atoms with E-state index >= 15 is 0 Å². The van der Waals surface area contributed by atoms with E-state index in [1.165, 1.54) is 11.8 Å². The molecule has 0 unspecified atom stereocenters. The van der Waals surface area contributed by atoms with Gasteiger partial charge in [0.25, 0.3) is 0 Å². The fourth-order valence-corrected chi connectivity index (χ4v) is 5.18. The molecular weight excluding hydrogens is 474 g/mol. The van der Waals surface area contributed by atoms with Gasteiger partial charge in [-0.05, 0) is 30.0 Å². The van der Waals surface area contributed by atoms with Gasteiger partial charge in [0.05, 0.1) is 11.3 Å². The summed E-state index contributed by atoms with van der Waals surface area (Å²) in [7, 11) is 0. The number of carbonyl (C=O) groups excluding carboxylic acids is 1. The lowest BCUT2D eigenvalue weighted by atomic mass is 9.98. The molecular formula is C32H25N3OS. The molecule has 5 heteroatoms. The van der Waals surface area contributed by atoms with Gasteiger partial charge in [0.15, 0.2) is 0 Å². The van der Waals surface area contributed by atoms with Gasteiger partial charge in [-0.2, -0.15) is 5.26 Å². The molecule has 0 saturated heterocycles. The number of pyridine rings is 1. The standard InChI is InChI=1S/C32H25N3OS/c1-22-14-16-24(17-15-22)27-20-30(25-9-3-2-4-10-25)35-32(28(27)21-33)37-19-18-31(36)34-29-13-7-11-23-8-5-6-12-26(23)29/h2-17,20H,18-19H2,1H3,(H,34,36). The third-order valence-electron chi connectivity index (χ3n) is 6.16. The maximum absolute atomic E-state index is 12.8. The summed E-state index contributed by atoms with van der Waals surface area (Å²) in [5, 5.41) is 15.9. The van der Waals surface area contributed by atoms with Crippen LogP contribution in [0.2, 0.25) is 0 Å². The Hall–Kier alpha value is -4.40. The van der Waals surface area contributed by atoms with E-state index in [9.17, 15) is 10.1 Å². The van der Waals surface area contributed by atoms with Crippen molar-refractivity contribution in [2.45, 2.75) is 18.4 Å². The molecule has 0 saturated carbocycles. The fourth-order valence-electron chi connectivity index (χ4n) is 4.24. The van der Waals surface area contributed by atoms with Crippen LogP contribution in [0, 0.1) is 18.3 Å². The maximum atomic E-state index is 12.8. The number of thioether (sulfide) groups is 1. The van der Waals surface area contributed by atoms with Crippen molar-refractivity contribution in [1.29, 1.82) is 5.26 Å². The normalized spacial score (nSPS) is 10.7. The van der Waals surface area contributed by atoms with Gasteiger partial charge in [-0.1, -0.05) is 96.6 Å². The SMILES string of the molecule is Cc1ccc(-c2cc(-c3ccccc3)nc(SCCC(=O)Nc3cccc4ccccc34)c2C#N)cc1. The average molecular weight is 500 g/mol. The summed E-state index contributed by atoms with van der Waals surface area (Å²) in [6.07, 6.45) is 0.301. The summed E-state index contributed by atoms with van der Waals surface area (Å²) < 4.78 is 0. The lowest BCUT2D eigenvalue weighted by molar-refractivity contribution is -0.115. The van der Waals surface area contributed by atoms with Crippen molar-refractivity contribution in [3.8, 4) is 28.5 Å². The smallest absolute Gasteiger partial charge is 0.225 e. The number of rotatable bonds is 7. The van der Waals surface area contributed by atoms with E-state index in [1.54, 1.807) is 0 Å². The first-order chi connectivity index (χ1) is 18.1. The molecule has 4 aromatic carbocycles. The Kier molecular flexibility index (Phi) is 7.30. The minimum atomic E-state index is -0.0691. The molecule has 0 bridgehead atoms. The molecule has 1 heterocycles. The summed E-state index contributed by atoms with van der Waals surface area (Å²) in [5.74, 6) is 0.435. The minimum Gasteiger partial charge on any atom is -0.325 e. The molecule has 1 N–H and O–H groups in total. The third kappa shape index (κ3) is 5.55. The third-order valence-corrected chi connectivity index (χ3v) is 7.14. The minimum absolute atomic E-state index is 0.0691. The van der Waals surface area contributed by atoms with Crippen molar-refractivity contribution in [2.75, 3.05) is 11.1 Å². The highest BCUT2D eigenvalue weighted by atomic mass is 32.2. The number of nitrogens with zero attached hydrogens (tertiary/aromatic N) is 2. The van der Waals surface area contributed by atoms with Crippen LogP contribution in [-0.2, 0) is 4.79 Å². The Morgan fingerprint density at radius 3 is 2.41 bits per heavy atom. The Balaban J connectivity index is 1.39. The van der Waals surface area contributed by atoms with Crippen molar-refractivity contribution in [3.05, 3.63) is 114 Å². The zero-order valence-electron chi connectivity index (χ0n) is 20.4. The topological polar surface area (TPSA) is 65.8 Å². The van der Waals surface area contributed by atoms with Crippen molar-refractivity contribution >= 4 is 34.1 Å². The van der Waals surface area contributed by atoms with Crippen LogP contribution in [0.15, 0.2) is 108 Å². The van der Waals surface area contributed by atoms with Gasteiger partial charge >= 0.3 is 0 Å². The molecule has 37 heavy (non-hydrogen) atoms. The highest BCUT2D eigenvalue weighted by molar-refractivity contribution is 7.99. The second-order valence-corrected chi connectivity index (χ2v) is 9.84. The van der Waals surface area contributed by atoms with Gasteiger partial charge in [0, 0.05) is 34.4 Å². The zero-order valence-corrected chi connectivity index (χ0v) is 21.3. The molecule has 0 aliphatic heterocycles. The van der Waals surface area contributed by atoms with Gasteiger partial charge in [0.2, 0.25) is 5.91 Å². The molecule has 5 rings (SSSR count). The van der Waals surface area contributed by atoms with E-state index in [-0.39, 0.29) is 5.91 Å². The molecule has 0 aliphatic carbocycles.